The molecule has 400 valence electrons. The zero-order valence-electron chi connectivity index (χ0n) is 42.4. The van der Waals surface area contributed by atoms with E-state index in [-0.39, 0.29) is 26.1 Å². The molecule has 0 saturated carbocycles. The third-order valence-electron chi connectivity index (χ3n) is 13.2. The highest BCUT2D eigenvalue weighted by Crippen LogP contribution is 2.27. The average Bonchev–Trinajstić information content (AvgIpc) is 3.33. The lowest BCUT2D eigenvalue weighted by molar-refractivity contribution is -0.332. The van der Waals surface area contributed by atoms with Gasteiger partial charge in [0.1, 0.15) is 55.4 Å². The molecule has 2 fully saturated rings. The van der Waals surface area contributed by atoms with Crippen molar-refractivity contribution in [2.75, 3.05) is 26.4 Å². The van der Waals surface area contributed by atoms with Crippen LogP contribution in [0.15, 0.2) is 12.2 Å². The molecule has 7 N–H and O–H groups in total. The fourth-order valence-electron chi connectivity index (χ4n) is 8.74. The second kappa shape index (κ2) is 40.8. The average molecular weight is 975 g/mol. The van der Waals surface area contributed by atoms with Crippen molar-refractivity contribution < 1.29 is 73.8 Å². The number of allylic oxidation sites excluding steroid dienone is 2. The van der Waals surface area contributed by atoms with Crippen LogP contribution in [0.4, 0.5) is 0 Å². The molecule has 0 aromatic rings. The van der Waals surface area contributed by atoms with Gasteiger partial charge in [-0.05, 0) is 38.5 Å². The van der Waals surface area contributed by atoms with Crippen LogP contribution in [0.2, 0.25) is 0 Å². The molecule has 68 heavy (non-hydrogen) atoms. The molecule has 0 aliphatic carbocycles. The number of hydrogen-bond acceptors (Lipinski definition) is 15. The molecule has 2 aliphatic rings. The number of carbonyl (C=O) groups is 2. The van der Waals surface area contributed by atoms with Crippen LogP contribution in [0, 0.1) is 0 Å². The second-order valence-electron chi connectivity index (χ2n) is 19.4. The monoisotopic (exact) mass is 975 g/mol. The summed E-state index contributed by atoms with van der Waals surface area (Å²) in [6, 6.07) is 0. The van der Waals surface area contributed by atoms with Crippen LogP contribution < -0.4 is 0 Å². The number of rotatable bonds is 43. The number of ether oxygens (including phenoxy) is 6. The Labute approximate surface area is 410 Å². The number of aliphatic hydroxyl groups is 7. The molecule has 2 heterocycles. The summed E-state index contributed by atoms with van der Waals surface area (Å²) in [5, 5.41) is 72.1. The van der Waals surface area contributed by atoms with Gasteiger partial charge >= 0.3 is 11.9 Å². The maximum atomic E-state index is 13.0. The standard InChI is InChI=1S/C53H98O15/c1-3-5-7-9-11-13-15-17-18-19-20-21-22-24-25-27-29-31-33-35-44(55)63-38-41(66-45(56)36-34-32-30-28-26-23-16-14-12-10-8-6-4-2)39-64-52-51(62)49(60)47(58)43(68-52)40-65-53-50(61)48(59)46(57)42(37-54)67-53/h14,16,41-43,46-54,57-62H,3-13,15,17-40H2,1-2H3/b16-14+/t41-,42+,43+,46-,47-,48?,49?,50?,51?,52+,53+/m0/s1. The van der Waals surface area contributed by atoms with Gasteiger partial charge in [0.2, 0.25) is 0 Å². The van der Waals surface area contributed by atoms with Crippen molar-refractivity contribution >= 4 is 11.9 Å². The van der Waals surface area contributed by atoms with Gasteiger partial charge in [0, 0.05) is 12.8 Å². The van der Waals surface area contributed by atoms with E-state index in [1.54, 1.807) is 0 Å². The highest BCUT2D eigenvalue weighted by molar-refractivity contribution is 5.70. The third-order valence-corrected chi connectivity index (χ3v) is 13.2. The van der Waals surface area contributed by atoms with E-state index in [1.165, 1.54) is 122 Å². The Hall–Kier alpha value is -1.76. The van der Waals surface area contributed by atoms with Gasteiger partial charge in [-0.3, -0.25) is 9.59 Å². The predicted molar refractivity (Wildman–Crippen MR) is 261 cm³/mol. The van der Waals surface area contributed by atoms with Gasteiger partial charge in [0.05, 0.1) is 19.8 Å². The normalized spacial score (nSPS) is 25.8. The van der Waals surface area contributed by atoms with E-state index in [4.69, 9.17) is 28.4 Å². The summed E-state index contributed by atoms with van der Waals surface area (Å²) in [5.74, 6) is -0.923. The summed E-state index contributed by atoms with van der Waals surface area (Å²) < 4.78 is 33.6. The Balaban J connectivity index is 1.76. The molecule has 0 amide bonds. The van der Waals surface area contributed by atoms with Gasteiger partial charge in [-0.25, -0.2) is 0 Å². The van der Waals surface area contributed by atoms with E-state index < -0.39 is 92.7 Å². The number of unbranched alkanes of at least 4 members (excludes halogenated alkanes) is 27. The molecule has 2 aliphatic heterocycles. The zero-order chi connectivity index (χ0) is 49.6. The molecule has 2 rings (SSSR count). The summed E-state index contributed by atoms with van der Waals surface area (Å²) in [6.45, 7) is 2.60. The molecular formula is C53H98O15. The predicted octanol–water partition coefficient (Wildman–Crippen LogP) is 8.16. The van der Waals surface area contributed by atoms with E-state index in [1.807, 2.05) is 0 Å². The van der Waals surface area contributed by atoms with Crippen LogP contribution in [0.3, 0.4) is 0 Å². The molecule has 0 aromatic heterocycles. The third kappa shape index (κ3) is 28.3. The van der Waals surface area contributed by atoms with Gasteiger partial charge < -0.3 is 64.2 Å². The molecule has 0 aromatic carbocycles. The number of hydrogen-bond donors (Lipinski definition) is 7. The summed E-state index contributed by atoms with van der Waals surface area (Å²) in [4.78, 5) is 25.8. The fraction of sp³-hybridized carbons (Fsp3) is 0.925. The quantitative estimate of drug-likeness (QED) is 0.0174. The van der Waals surface area contributed by atoms with Crippen LogP contribution >= 0.6 is 0 Å². The maximum absolute atomic E-state index is 13.0. The molecule has 0 bridgehead atoms. The lowest BCUT2D eigenvalue weighted by Crippen LogP contribution is -2.61. The van der Waals surface area contributed by atoms with Crippen molar-refractivity contribution in [2.45, 2.75) is 287 Å². The number of esters is 2. The van der Waals surface area contributed by atoms with Crippen molar-refractivity contribution in [3.8, 4) is 0 Å². The highest BCUT2D eigenvalue weighted by Gasteiger charge is 2.47. The molecule has 11 atom stereocenters. The smallest absolute Gasteiger partial charge is 0.306 e. The summed E-state index contributed by atoms with van der Waals surface area (Å²) in [7, 11) is 0. The Morgan fingerprint density at radius 3 is 1.31 bits per heavy atom. The SMILES string of the molecule is CCCCCC/C=C/CCCCCCCC(=O)O[C@@H](COC(=O)CCCCCCCCCCCCCCCCCCCCC)CO[C@@H]1O[C@H](CO[C@@H]2O[C@H](CO)[C@H](O)C(O)C2O)[C@H](O)C(O)C1O. The van der Waals surface area contributed by atoms with Gasteiger partial charge in [0.25, 0.3) is 0 Å². The molecular weight excluding hydrogens is 877 g/mol. The first kappa shape index (κ1) is 62.4. The molecule has 0 radical (unpaired) electrons. The van der Waals surface area contributed by atoms with Crippen molar-refractivity contribution in [2.24, 2.45) is 0 Å². The molecule has 0 spiro atoms. The first-order valence-corrected chi connectivity index (χ1v) is 27.3. The Morgan fingerprint density at radius 2 is 0.838 bits per heavy atom. The van der Waals surface area contributed by atoms with Crippen LogP contribution in [-0.2, 0) is 38.0 Å². The maximum Gasteiger partial charge on any atom is 0.306 e. The van der Waals surface area contributed by atoms with Gasteiger partial charge in [0.15, 0.2) is 18.7 Å². The summed E-state index contributed by atoms with van der Waals surface area (Å²) >= 11 is 0. The summed E-state index contributed by atoms with van der Waals surface area (Å²) in [5.41, 5.74) is 0. The molecule has 4 unspecified atom stereocenters. The van der Waals surface area contributed by atoms with Gasteiger partial charge in [-0.2, -0.15) is 0 Å². The number of carbonyl (C=O) groups excluding carboxylic acids is 2. The van der Waals surface area contributed by atoms with Crippen molar-refractivity contribution in [3.63, 3.8) is 0 Å². The Kier molecular flexibility index (Phi) is 37.4. The first-order valence-electron chi connectivity index (χ1n) is 27.3. The lowest BCUT2D eigenvalue weighted by atomic mass is 9.98. The van der Waals surface area contributed by atoms with E-state index in [0.717, 1.165) is 57.8 Å². The molecule has 15 nitrogen and oxygen atoms in total. The van der Waals surface area contributed by atoms with Crippen LogP contribution in [0.1, 0.15) is 219 Å². The van der Waals surface area contributed by atoms with Crippen molar-refractivity contribution in [3.05, 3.63) is 12.2 Å². The topological polar surface area (TPSA) is 231 Å². The van der Waals surface area contributed by atoms with Crippen LogP contribution in [0.25, 0.3) is 0 Å². The minimum atomic E-state index is -1.76. The lowest BCUT2D eigenvalue weighted by Gasteiger charge is -2.42. The first-order chi connectivity index (χ1) is 33.0. The van der Waals surface area contributed by atoms with Gasteiger partial charge in [-0.15, -0.1) is 0 Å². The van der Waals surface area contributed by atoms with E-state index in [0.29, 0.717) is 12.8 Å². The molecule has 15 heteroatoms. The second-order valence-corrected chi connectivity index (χ2v) is 19.4. The Morgan fingerprint density at radius 1 is 0.456 bits per heavy atom. The van der Waals surface area contributed by atoms with Crippen molar-refractivity contribution in [1.82, 2.24) is 0 Å². The van der Waals surface area contributed by atoms with E-state index in [2.05, 4.69) is 26.0 Å². The van der Waals surface area contributed by atoms with Crippen LogP contribution in [0.5, 0.6) is 0 Å². The van der Waals surface area contributed by atoms with Crippen LogP contribution in [-0.4, -0.2) is 142 Å². The van der Waals surface area contributed by atoms with Crippen molar-refractivity contribution in [1.29, 1.82) is 0 Å². The van der Waals surface area contributed by atoms with E-state index in [9.17, 15) is 45.3 Å². The van der Waals surface area contributed by atoms with E-state index >= 15 is 0 Å². The largest absolute Gasteiger partial charge is 0.462 e. The highest BCUT2D eigenvalue weighted by atomic mass is 16.7. The summed E-state index contributed by atoms with van der Waals surface area (Å²) in [6.07, 6.45) is 23.8. The minimum Gasteiger partial charge on any atom is -0.462 e. The van der Waals surface area contributed by atoms with Gasteiger partial charge in [-0.1, -0.05) is 180 Å². The number of aliphatic hydroxyl groups excluding tert-OH is 7. The molecule has 2 saturated heterocycles. The fourth-order valence-corrected chi connectivity index (χ4v) is 8.74. The minimum absolute atomic E-state index is 0.159. The zero-order valence-corrected chi connectivity index (χ0v) is 42.4. The Bertz CT molecular complexity index is 1240.